The van der Waals surface area contributed by atoms with Gasteiger partial charge in [0.2, 0.25) is 0 Å². The van der Waals surface area contributed by atoms with Crippen LogP contribution in [0.5, 0.6) is 0 Å². The number of nitrogens with one attached hydrogen (secondary N) is 1. The first-order valence-corrected chi connectivity index (χ1v) is 8.64. The molecule has 0 spiro atoms. The summed E-state index contributed by atoms with van der Waals surface area (Å²) in [5.74, 6) is 2.58. The largest absolute Gasteiger partial charge is 0.320 e. The van der Waals surface area contributed by atoms with Gasteiger partial charge in [0.25, 0.3) is 0 Å². The Hall–Kier alpha value is -0.960. The minimum absolute atomic E-state index is 0.590. The Labute approximate surface area is 130 Å². The van der Waals surface area contributed by atoms with Gasteiger partial charge in [0.1, 0.15) is 5.82 Å². The number of nitrogens with zero attached hydrogens (tertiary/aromatic N) is 2. The molecule has 1 aliphatic carbocycles. The van der Waals surface area contributed by atoms with Crippen molar-refractivity contribution in [3.8, 4) is 0 Å². The van der Waals surface area contributed by atoms with E-state index in [1.54, 1.807) is 0 Å². The summed E-state index contributed by atoms with van der Waals surface area (Å²) in [4.78, 5) is 9.75. The highest BCUT2D eigenvalue weighted by molar-refractivity contribution is 5.25. The predicted octanol–water partition coefficient (Wildman–Crippen LogP) is 3.93. The van der Waals surface area contributed by atoms with Gasteiger partial charge in [-0.1, -0.05) is 26.2 Å². The van der Waals surface area contributed by atoms with Gasteiger partial charge in [0, 0.05) is 17.3 Å². The molecule has 3 nitrogen and oxygen atoms in total. The van der Waals surface area contributed by atoms with Crippen LogP contribution in [0.15, 0.2) is 0 Å². The molecule has 3 heteroatoms. The van der Waals surface area contributed by atoms with E-state index in [0.29, 0.717) is 5.92 Å². The van der Waals surface area contributed by atoms with Crippen molar-refractivity contribution >= 4 is 0 Å². The van der Waals surface area contributed by atoms with Gasteiger partial charge in [-0.2, -0.15) is 0 Å². The second-order valence-corrected chi connectivity index (χ2v) is 6.58. The zero-order valence-corrected chi connectivity index (χ0v) is 14.2. The second kappa shape index (κ2) is 7.88. The van der Waals surface area contributed by atoms with E-state index in [2.05, 4.69) is 26.1 Å². The lowest BCUT2D eigenvalue weighted by atomic mass is 9.79. The quantitative estimate of drug-likeness (QED) is 0.806. The predicted molar refractivity (Wildman–Crippen MR) is 88.7 cm³/mol. The maximum Gasteiger partial charge on any atom is 0.131 e. The third-order valence-corrected chi connectivity index (χ3v) is 5.02. The van der Waals surface area contributed by atoms with Gasteiger partial charge in [0.15, 0.2) is 0 Å². The lowest BCUT2D eigenvalue weighted by Gasteiger charge is -2.28. The molecule has 1 N–H and O–H groups in total. The standard InChI is InChI=1S/C18H31N3/c1-5-15-8-6-9-16(12-15)18-20-13(2)17(14(3)21-18)10-7-11-19-4/h15-16,19H,5-12H2,1-4H3. The van der Waals surface area contributed by atoms with Crippen LogP contribution < -0.4 is 5.32 Å². The highest BCUT2D eigenvalue weighted by atomic mass is 14.9. The summed E-state index contributed by atoms with van der Waals surface area (Å²) in [6, 6.07) is 0. The maximum absolute atomic E-state index is 4.87. The number of rotatable bonds is 6. The molecule has 0 radical (unpaired) electrons. The molecule has 0 amide bonds. The van der Waals surface area contributed by atoms with E-state index in [-0.39, 0.29) is 0 Å². The molecule has 1 heterocycles. The molecule has 118 valence electrons. The summed E-state index contributed by atoms with van der Waals surface area (Å²) < 4.78 is 0. The second-order valence-electron chi connectivity index (χ2n) is 6.58. The van der Waals surface area contributed by atoms with Crippen molar-refractivity contribution in [1.82, 2.24) is 15.3 Å². The van der Waals surface area contributed by atoms with Crippen LogP contribution in [0, 0.1) is 19.8 Å². The first kappa shape index (κ1) is 16.4. The molecule has 0 bridgehead atoms. The molecule has 0 aliphatic heterocycles. The molecular weight excluding hydrogens is 258 g/mol. The zero-order valence-electron chi connectivity index (χ0n) is 14.2. The van der Waals surface area contributed by atoms with Crippen molar-refractivity contribution in [2.24, 2.45) is 5.92 Å². The summed E-state index contributed by atoms with van der Waals surface area (Å²) >= 11 is 0. The SMILES string of the molecule is CCC1CCCC(c2nc(C)c(CCCNC)c(C)n2)C1. The normalized spacial score (nSPS) is 22.5. The molecule has 2 rings (SSSR count). The molecule has 1 saturated carbocycles. The van der Waals surface area contributed by atoms with Crippen molar-refractivity contribution in [1.29, 1.82) is 0 Å². The molecule has 1 aromatic rings. The monoisotopic (exact) mass is 289 g/mol. The lowest BCUT2D eigenvalue weighted by Crippen LogP contribution is -2.18. The number of aromatic nitrogens is 2. The van der Waals surface area contributed by atoms with E-state index in [1.807, 2.05) is 7.05 Å². The first-order valence-electron chi connectivity index (χ1n) is 8.64. The van der Waals surface area contributed by atoms with Crippen LogP contribution in [-0.4, -0.2) is 23.6 Å². The Morgan fingerprint density at radius 3 is 2.48 bits per heavy atom. The first-order chi connectivity index (χ1) is 10.2. The highest BCUT2D eigenvalue weighted by Gasteiger charge is 2.25. The smallest absolute Gasteiger partial charge is 0.131 e. The maximum atomic E-state index is 4.87. The van der Waals surface area contributed by atoms with E-state index < -0.39 is 0 Å². The molecule has 0 aromatic carbocycles. The minimum atomic E-state index is 0.590. The molecule has 21 heavy (non-hydrogen) atoms. The molecule has 0 saturated heterocycles. The fraction of sp³-hybridized carbons (Fsp3) is 0.778. The van der Waals surface area contributed by atoms with Gasteiger partial charge in [-0.05, 0) is 64.6 Å². The fourth-order valence-corrected chi connectivity index (χ4v) is 3.65. The van der Waals surface area contributed by atoms with Gasteiger partial charge in [0.05, 0.1) is 0 Å². The molecular formula is C18H31N3. The Bertz CT molecular complexity index is 433. The molecule has 1 aromatic heterocycles. The zero-order chi connectivity index (χ0) is 15.2. The van der Waals surface area contributed by atoms with E-state index in [1.165, 1.54) is 49.1 Å². The average Bonchev–Trinajstić information content (AvgIpc) is 2.50. The van der Waals surface area contributed by atoms with Gasteiger partial charge in [-0.3, -0.25) is 0 Å². The summed E-state index contributed by atoms with van der Waals surface area (Å²) in [6.07, 6.45) is 8.84. The fourth-order valence-electron chi connectivity index (χ4n) is 3.65. The van der Waals surface area contributed by atoms with Gasteiger partial charge < -0.3 is 5.32 Å². The van der Waals surface area contributed by atoms with Crippen LogP contribution in [0.3, 0.4) is 0 Å². The summed E-state index contributed by atoms with van der Waals surface area (Å²) in [7, 11) is 2.01. The van der Waals surface area contributed by atoms with Crippen molar-refractivity contribution < 1.29 is 0 Å². The topological polar surface area (TPSA) is 37.8 Å². The molecule has 1 fully saturated rings. The number of hydrogen-bond acceptors (Lipinski definition) is 3. The highest BCUT2D eigenvalue weighted by Crippen LogP contribution is 2.36. The van der Waals surface area contributed by atoms with Crippen LogP contribution in [0.4, 0.5) is 0 Å². The van der Waals surface area contributed by atoms with Gasteiger partial charge in [-0.15, -0.1) is 0 Å². The molecule has 2 atom stereocenters. The van der Waals surface area contributed by atoms with E-state index in [9.17, 15) is 0 Å². The Morgan fingerprint density at radius 1 is 1.14 bits per heavy atom. The molecule has 1 aliphatic rings. The van der Waals surface area contributed by atoms with Gasteiger partial charge in [-0.25, -0.2) is 9.97 Å². The Morgan fingerprint density at radius 2 is 1.86 bits per heavy atom. The van der Waals surface area contributed by atoms with Gasteiger partial charge >= 0.3 is 0 Å². The Kier molecular flexibility index (Phi) is 6.16. The van der Waals surface area contributed by atoms with E-state index in [4.69, 9.17) is 9.97 Å². The van der Waals surface area contributed by atoms with Crippen molar-refractivity contribution in [2.45, 2.75) is 71.6 Å². The lowest BCUT2D eigenvalue weighted by molar-refractivity contribution is 0.306. The van der Waals surface area contributed by atoms with Crippen LogP contribution in [0.25, 0.3) is 0 Å². The third kappa shape index (κ3) is 4.26. The van der Waals surface area contributed by atoms with Crippen molar-refractivity contribution in [3.63, 3.8) is 0 Å². The minimum Gasteiger partial charge on any atom is -0.320 e. The summed E-state index contributed by atoms with van der Waals surface area (Å²) in [6.45, 7) is 7.69. The number of hydrogen-bond donors (Lipinski definition) is 1. The third-order valence-electron chi connectivity index (χ3n) is 5.02. The Balaban J connectivity index is 2.11. The van der Waals surface area contributed by atoms with E-state index in [0.717, 1.165) is 31.1 Å². The number of aryl methyl sites for hydroxylation is 2. The van der Waals surface area contributed by atoms with Crippen molar-refractivity contribution in [2.75, 3.05) is 13.6 Å². The van der Waals surface area contributed by atoms with Crippen molar-refractivity contribution in [3.05, 3.63) is 22.8 Å². The van der Waals surface area contributed by atoms with Crippen LogP contribution in [-0.2, 0) is 6.42 Å². The van der Waals surface area contributed by atoms with Crippen LogP contribution in [0.1, 0.15) is 74.1 Å². The molecule has 2 unspecified atom stereocenters. The average molecular weight is 289 g/mol. The van der Waals surface area contributed by atoms with E-state index >= 15 is 0 Å². The summed E-state index contributed by atoms with van der Waals surface area (Å²) in [5, 5.41) is 3.21. The van der Waals surface area contributed by atoms with Crippen LogP contribution in [0.2, 0.25) is 0 Å². The van der Waals surface area contributed by atoms with Crippen LogP contribution >= 0.6 is 0 Å². The summed E-state index contributed by atoms with van der Waals surface area (Å²) in [5.41, 5.74) is 3.76.